The van der Waals surface area contributed by atoms with E-state index in [1.165, 1.54) is 20.0 Å². The molecule has 0 aromatic rings. The van der Waals surface area contributed by atoms with Gasteiger partial charge in [-0.2, -0.15) is 0 Å². The number of ketones is 1. The van der Waals surface area contributed by atoms with Crippen LogP contribution < -0.4 is 0 Å². The highest BCUT2D eigenvalue weighted by Gasteiger charge is 2.24. The van der Waals surface area contributed by atoms with Gasteiger partial charge >= 0.3 is 5.97 Å². The normalized spacial score (nSPS) is 19.2. The Balaban J connectivity index is 2.33. The molecule has 1 aliphatic rings. The van der Waals surface area contributed by atoms with Gasteiger partial charge in [-0.05, 0) is 31.3 Å². The first-order valence-corrected chi connectivity index (χ1v) is 6.99. The molecule has 0 N–H and O–H groups in total. The molecule has 3 nitrogen and oxygen atoms in total. The smallest absolute Gasteiger partial charge is 0.308 e. The fraction of sp³-hybridized carbons (Fsp3) is 0.733. The third-order valence-corrected chi connectivity index (χ3v) is 3.56. The topological polar surface area (TPSA) is 43.4 Å². The van der Waals surface area contributed by atoms with Crippen LogP contribution in [-0.2, 0) is 14.3 Å². The maximum Gasteiger partial charge on any atom is 0.308 e. The predicted molar refractivity (Wildman–Crippen MR) is 71.2 cm³/mol. The highest BCUT2D eigenvalue weighted by Crippen LogP contribution is 2.26. The van der Waals surface area contributed by atoms with Crippen LogP contribution in [0.25, 0.3) is 0 Å². The largest absolute Gasteiger partial charge is 0.469 e. The molecule has 1 rings (SSSR count). The first-order valence-electron chi connectivity index (χ1n) is 6.99. The monoisotopic (exact) mass is 252 g/mol. The molecule has 1 atom stereocenters. The van der Waals surface area contributed by atoms with Gasteiger partial charge in [0.2, 0.25) is 0 Å². The van der Waals surface area contributed by atoms with Crippen molar-refractivity contribution < 1.29 is 14.3 Å². The van der Waals surface area contributed by atoms with Crippen molar-refractivity contribution in [2.45, 2.75) is 58.3 Å². The molecule has 0 saturated carbocycles. The summed E-state index contributed by atoms with van der Waals surface area (Å²) < 4.78 is 4.72. The van der Waals surface area contributed by atoms with Gasteiger partial charge < -0.3 is 4.74 Å². The highest BCUT2D eigenvalue weighted by atomic mass is 16.5. The van der Waals surface area contributed by atoms with E-state index in [4.69, 9.17) is 4.74 Å². The van der Waals surface area contributed by atoms with Gasteiger partial charge in [0.05, 0.1) is 13.0 Å². The maximum atomic E-state index is 11.9. The average molecular weight is 252 g/mol. The lowest BCUT2D eigenvalue weighted by Crippen LogP contribution is -2.20. The van der Waals surface area contributed by atoms with Gasteiger partial charge in [-0.25, -0.2) is 0 Å². The van der Waals surface area contributed by atoms with E-state index in [-0.39, 0.29) is 17.7 Å². The summed E-state index contributed by atoms with van der Waals surface area (Å²) in [5.74, 6) is 0.0711. The van der Waals surface area contributed by atoms with Crippen LogP contribution in [0.2, 0.25) is 0 Å². The Morgan fingerprint density at radius 1 is 1.33 bits per heavy atom. The summed E-state index contributed by atoms with van der Waals surface area (Å²) >= 11 is 0. The van der Waals surface area contributed by atoms with Crippen molar-refractivity contribution in [2.24, 2.45) is 5.92 Å². The zero-order chi connectivity index (χ0) is 13.4. The van der Waals surface area contributed by atoms with E-state index in [0.29, 0.717) is 12.8 Å². The minimum absolute atomic E-state index is 0.0494. The van der Waals surface area contributed by atoms with Crippen molar-refractivity contribution in [1.29, 1.82) is 0 Å². The van der Waals surface area contributed by atoms with E-state index in [0.717, 1.165) is 31.3 Å². The van der Waals surface area contributed by atoms with Gasteiger partial charge in [0.15, 0.2) is 5.78 Å². The van der Waals surface area contributed by atoms with Gasteiger partial charge in [0.1, 0.15) is 0 Å². The van der Waals surface area contributed by atoms with Crippen LogP contribution in [0.4, 0.5) is 0 Å². The number of ether oxygens (including phenoxy) is 1. The number of rotatable bonds is 7. The summed E-state index contributed by atoms with van der Waals surface area (Å²) in [5, 5.41) is 0. The lowest BCUT2D eigenvalue weighted by atomic mass is 9.87. The number of hydrogen-bond donors (Lipinski definition) is 0. The van der Waals surface area contributed by atoms with E-state index in [1.807, 2.05) is 6.08 Å². The molecule has 3 heteroatoms. The van der Waals surface area contributed by atoms with Crippen LogP contribution in [0, 0.1) is 5.92 Å². The molecule has 0 aliphatic heterocycles. The molecule has 1 aliphatic carbocycles. The molecule has 1 unspecified atom stereocenters. The Bertz CT molecular complexity index is 318. The summed E-state index contributed by atoms with van der Waals surface area (Å²) in [7, 11) is 1.42. The molecule has 0 saturated heterocycles. The van der Waals surface area contributed by atoms with E-state index < -0.39 is 0 Å². The Morgan fingerprint density at radius 2 is 2.11 bits per heavy atom. The van der Waals surface area contributed by atoms with Crippen molar-refractivity contribution in [3.05, 3.63) is 11.6 Å². The fourth-order valence-corrected chi connectivity index (χ4v) is 2.34. The molecular formula is C15H24O3. The maximum absolute atomic E-state index is 11.9. The molecule has 0 bridgehead atoms. The highest BCUT2D eigenvalue weighted by molar-refractivity contribution is 5.95. The van der Waals surface area contributed by atoms with Gasteiger partial charge in [-0.15, -0.1) is 0 Å². The van der Waals surface area contributed by atoms with Gasteiger partial charge in [-0.3, -0.25) is 9.59 Å². The van der Waals surface area contributed by atoms with Crippen LogP contribution in [0.5, 0.6) is 0 Å². The van der Waals surface area contributed by atoms with Crippen LogP contribution in [0.1, 0.15) is 58.3 Å². The number of methoxy groups -OCH3 is 1. The summed E-state index contributed by atoms with van der Waals surface area (Å²) in [5.41, 5.74) is 0.923. The van der Waals surface area contributed by atoms with E-state index in [2.05, 4.69) is 6.92 Å². The molecule has 0 radical (unpaired) electrons. The zero-order valence-corrected chi connectivity index (χ0v) is 11.5. The summed E-state index contributed by atoms with van der Waals surface area (Å²) in [6, 6.07) is 0. The quantitative estimate of drug-likeness (QED) is 0.515. The van der Waals surface area contributed by atoms with Gasteiger partial charge in [-0.1, -0.05) is 32.3 Å². The number of esters is 1. The van der Waals surface area contributed by atoms with E-state index >= 15 is 0 Å². The molecule has 0 aromatic carbocycles. The third kappa shape index (κ3) is 4.63. The lowest BCUT2D eigenvalue weighted by Gasteiger charge is -2.19. The molecular weight excluding hydrogens is 228 g/mol. The number of hydrogen-bond acceptors (Lipinski definition) is 3. The second-order valence-electron chi connectivity index (χ2n) is 4.96. The molecule has 0 amide bonds. The third-order valence-electron chi connectivity index (χ3n) is 3.56. The number of unbranched alkanes of at least 4 members (excludes halogenated alkanes) is 3. The Kier molecular flexibility index (Phi) is 6.69. The van der Waals surface area contributed by atoms with E-state index in [1.54, 1.807) is 0 Å². The van der Waals surface area contributed by atoms with Crippen molar-refractivity contribution in [3.8, 4) is 0 Å². The van der Waals surface area contributed by atoms with Gasteiger partial charge in [0, 0.05) is 6.42 Å². The van der Waals surface area contributed by atoms with Crippen LogP contribution in [-0.4, -0.2) is 18.9 Å². The Morgan fingerprint density at radius 3 is 2.67 bits per heavy atom. The van der Waals surface area contributed by atoms with Crippen molar-refractivity contribution in [2.75, 3.05) is 7.11 Å². The first-order chi connectivity index (χ1) is 8.69. The Hall–Kier alpha value is -1.12. The minimum atomic E-state index is -0.152. The van der Waals surface area contributed by atoms with Crippen LogP contribution in [0.3, 0.4) is 0 Å². The Labute approximate surface area is 110 Å². The minimum Gasteiger partial charge on any atom is -0.469 e. The second-order valence-corrected chi connectivity index (χ2v) is 4.96. The SMILES string of the molecule is CCCCCCC(=O)C1=CCC(C(=O)OC)CC1. The molecule has 0 fully saturated rings. The summed E-state index contributed by atoms with van der Waals surface area (Å²) in [6.07, 6.45) is 9.26. The molecule has 102 valence electrons. The summed E-state index contributed by atoms with van der Waals surface area (Å²) in [4.78, 5) is 23.3. The second kappa shape index (κ2) is 8.06. The molecule has 0 spiro atoms. The average Bonchev–Trinajstić information content (AvgIpc) is 2.42. The predicted octanol–water partition coefficient (Wildman–Crippen LogP) is 3.43. The van der Waals surface area contributed by atoms with Crippen molar-refractivity contribution in [1.82, 2.24) is 0 Å². The summed E-state index contributed by atoms with van der Waals surface area (Å²) in [6.45, 7) is 2.17. The molecule has 18 heavy (non-hydrogen) atoms. The number of allylic oxidation sites excluding steroid dienone is 2. The fourth-order valence-electron chi connectivity index (χ4n) is 2.34. The standard InChI is InChI=1S/C15H24O3/c1-3-4-5-6-7-14(16)12-8-10-13(11-9-12)15(17)18-2/h8,13H,3-7,9-11H2,1-2H3. The number of carbonyl (C=O) groups is 2. The van der Waals surface area contributed by atoms with Crippen LogP contribution >= 0.6 is 0 Å². The number of Topliss-reactive ketones (excluding diaryl/α,β-unsaturated/α-hetero) is 1. The van der Waals surface area contributed by atoms with E-state index in [9.17, 15) is 9.59 Å². The molecule has 0 heterocycles. The van der Waals surface area contributed by atoms with Crippen LogP contribution in [0.15, 0.2) is 11.6 Å². The first kappa shape index (κ1) is 14.9. The lowest BCUT2D eigenvalue weighted by molar-refractivity contribution is -0.145. The molecule has 0 aromatic heterocycles. The van der Waals surface area contributed by atoms with Crippen molar-refractivity contribution >= 4 is 11.8 Å². The van der Waals surface area contributed by atoms with Gasteiger partial charge in [0.25, 0.3) is 0 Å². The van der Waals surface area contributed by atoms with Crippen molar-refractivity contribution in [3.63, 3.8) is 0 Å². The zero-order valence-electron chi connectivity index (χ0n) is 11.5. The number of carbonyl (C=O) groups excluding carboxylic acids is 2.